The molecule has 1 aromatic heterocycles. The van der Waals surface area contributed by atoms with Crippen molar-refractivity contribution in [3.63, 3.8) is 0 Å². The lowest BCUT2D eigenvalue weighted by atomic mass is 10.2. The highest BCUT2D eigenvalue weighted by Crippen LogP contribution is 2.11. The predicted octanol–water partition coefficient (Wildman–Crippen LogP) is 2.33. The third-order valence-corrected chi connectivity index (χ3v) is 3.26. The summed E-state index contributed by atoms with van der Waals surface area (Å²) in [5.41, 5.74) is 1.26. The van der Waals surface area contributed by atoms with Crippen LogP contribution in [0.15, 0.2) is 76.4 Å². The van der Waals surface area contributed by atoms with Crippen molar-refractivity contribution in [1.29, 1.82) is 0 Å². The summed E-state index contributed by atoms with van der Waals surface area (Å²) >= 11 is 0. The summed E-state index contributed by atoms with van der Waals surface area (Å²) in [6.45, 7) is 0.403. The Kier molecular flexibility index (Phi) is 3.87. The van der Waals surface area contributed by atoms with Gasteiger partial charge in [-0.3, -0.25) is 14.3 Å². The number of anilines is 2. The van der Waals surface area contributed by atoms with E-state index < -0.39 is 11.2 Å². The van der Waals surface area contributed by atoms with Gasteiger partial charge >= 0.3 is 5.69 Å². The van der Waals surface area contributed by atoms with Crippen LogP contribution in [0, 0.1) is 0 Å². The van der Waals surface area contributed by atoms with E-state index in [1.54, 1.807) is 6.20 Å². The second kappa shape index (κ2) is 6.13. The molecule has 0 unspecified atom stereocenters. The summed E-state index contributed by atoms with van der Waals surface area (Å²) in [4.78, 5) is 26.2. The van der Waals surface area contributed by atoms with Crippen LogP contribution in [-0.2, 0) is 6.54 Å². The Morgan fingerprint density at radius 1 is 0.909 bits per heavy atom. The second-order valence-electron chi connectivity index (χ2n) is 4.91. The molecule has 0 bridgehead atoms. The van der Waals surface area contributed by atoms with Gasteiger partial charge in [-0.25, -0.2) is 4.79 Å². The van der Waals surface area contributed by atoms with Gasteiger partial charge in [0.15, 0.2) is 0 Å². The Labute approximate surface area is 126 Å². The first-order valence-electron chi connectivity index (χ1n) is 6.92. The van der Waals surface area contributed by atoms with Crippen LogP contribution in [-0.4, -0.2) is 9.55 Å². The smallest absolute Gasteiger partial charge is 0.328 e. The fourth-order valence-corrected chi connectivity index (χ4v) is 2.17. The molecule has 0 atom stereocenters. The van der Waals surface area contributed by atoms with E-state index in [0.29, 0.717) is 12.2 Å². The van der Waals surface area contributed by atoms with Crippen LogP contribution in [0.4, 0.5) is 11.4 Å². The summed E-state index contributed by atoms with van der Waals surface area (Å²) < 4.78 is 1.47. The van der Waals surface area contributed by atoms with Gasteiger partial charge in [-0.1, -0.05) is 48.5 Å². The summed E-state index contributed by atoms with van der Waals surface area (Å²) in [7, 11) is 0. The first-order valence-corrected chi connectivity index (χ1v) is 6.92. The average Bonchev–Trinajstić information content (AvgIpc) is 2.54. The minimum Gasteiger partial charge on any atom is -0.350 e. The van der Waals surface area contributed by atoms with E-state index in [0.717, 1.165) is 11.3 Å². The SMILES string of the molecule is O=c1[nH]c(=O)n(Cc2ccccc2)cc1Nc1ccccc1. The van der Waals surface area contributed by atoms with Crippen LogP contribution < -0.4 is 16.6 Å². The van der Waals surface area contributed by atoms with Crippen molar-refractivity contribution >= 4 is 11.4 Å². The van der Waals surface area contributed by atoms with Crippen LogP contribution in [0.1, 0.15) is 5.56 Å². The van der Waals surface area contributed by atoms with E-state index in [2.05, 4.69) is 10.3 Å². The predicted molar refractivity (Wildman–Crippen MR) is 86.6 cm³/mol. The standard InChI is InChI=1S/C17H15N3O2/c21-16-15(18-14-9-5-2-6-10-14)12-20(17(22)19-16)11-13-7-3-1-4-8-13/h1-10,12,18H,11H2,(H,19,21,22). The topological polar surface area (TPSA) is 66.9 Å². The fraction of sp³-hybridized carbons (Fsp3) is 0.0588. The number of rotatable bonds is 4. The number of hydrogen-bond acceptors (Lipinski definition) is 3. The molecule has 22 heavy (non-hydrogen) atoms. The van der Waals surface area contributed by atoms with Crippen molar-refractivity contribution in [2.75, 3.05) is 5.32 Å². The fourth-order valence-electron chi connectivity index (χ4n) is 2.17. The van der Waals surface area contributed by atoms with Gasteiger partial charge in [-0.15, -0.1) is 0 Å². The lowest BCUT2D eigenvalue weighted by molar-refractivity contribution is 0.723. The molecule has 0 aliphatic carbocycles. The minimum atomic E-state index is -0.432. The molecule has 2 aromatic carbocycles. The summed E-state index contributed by atoms with van der Waals surface area (Å²) in [5.74, 6) is 0. The van der Waals surface area contributed by atoms with Gasteiger partial charge in [0.05, 0.1) is 6.54 Å². The van der Waals surface area contributed by atoms with Crippen molar-refractivity contribution in [3.8, 4) is 0 Å². The molecule has 0 radical (unpaired) electrons. The number of nitrogens with one attached hydrogen (secondary N) is 2. The highest BCUT2D eigenvalue weighted by atomic mass is 16.2. The average molecular weight is 293 g/mol. The number of para-hydroxylation sites is 1. The Balaban J connectivity index is 1.93. The molecule has 0 spiro atoms. The number of hydrogen-bond donors (Lipinski definition) is 2. The Morgan fingerprint density at radius 2 is 1.55 bits per heavy atom. The normalized spacial score (nSPS) is 10.4. The van der Waals surface area contributed by atoms with E-state index in [4.69, 9.17) is 0 Å². The van der Waals surface area contributed by atoms with Crippen LogP contribution in [0.5, 0.6) is 0 Å². The van der Waals surface area contributed by atoms with E-state index in [1.807, 2.05) is 60.7 Å². The Hall–Kier alpha value is -3.08. The van der Waals surface area contributed by atoms with Gasteiger partial charge in [0.2, 0.25) is 0 Å². The maximum absolute atomic E-state index is 11.9. The lowest BCUT2D eigenvalue weighted by Crippen LogP contribution is -2.31. The van der Waals surface area contributed by atoms with E-state index in [1.165, 1.54) is 4.57 Å². The molecule has 3 aromatic rings. The molecule has 110 valence electrons. The van der Waals surface area contributed by atoms with Crippen molar-refractivity contribution < 1.29 is 0 Å². The number of nitrogens with zero attached hydrogens (tertiary/aromatic N) is 1. The summed E-state index contributed by atoms with van der Waals surface area (Å²) in [5, 5.41) is 3.02. The lowest BCUT2D eigenvalue weighted by Gasteiger charge is -2.09. The Morgan fingerprint density at radius 3 is 2.23 bits per heavy atom. The first-order chi connectivity index (χ1) is 10.7. The second-order valence-corrected chi connectivity index (χ2v) is 4.91. The molecule has 1 heterocycles. The molecule has 0 fully saturated rings. The van der Waals surface area contributed by atoms with Crippen molar-refractivity contribution in [1.82, 2.24) is 9.55 Å². The number of aromatic nitrogens is 2. The number of aromatic amines is 1. The maximum Gasteiger partial charge on any atom is 0.328 e. The van der Waals surface area contributed by atoms with E-state index in [-0.39, 0.29) is 0 Å². The van der Waals surface area contributed by atoms with Crippen molar-refractivity contribution in [3.05, 3.63) is 93.3 Å². The Bertz CT molecular complexity index is 797. The quantitative estimate of drug-likeness (QED) is 0.776. The van der Waals surface area contributed by atoms with E-state index >= 15 is 0 Å². The molecule has 0 aliphatic rings. The number of H-pyrrole nitrogens is 1. The summed E-state index contributed by atoms with van der Waals surface area (Å²) in [6, 6.07) is 19.0. The van der Waals surface area contributed by atoms with Crippen LogP contribution in [0.25, 0.3) is 0 Å². The molecular weight excluding hydrogens is 278 g/mol. The highest BCUT2D eigenvalue weighted by molar-refractivity contribution is 5.57. The molecule has 5 heteroatoms. The largest absolute Gasteiger partial charge is 0.350 e. The zero-order valence-electron chi connectivity index (χ0n) is 11.8. The van der Waals surface area contributed by atoms with Crippen molar-refractivity contribution in [2.45, 2.75) is 6.54 Å². The number of benzene rings is 2. The maximum atomic E-state index is 11.9. The summed E-state index contributed by atoms with van der Waals surface area (Å²) in [6.07, 6.45) is 1.54. The molecule has 0 saturated heterocycles. The van der Waals surface area contributed by atoms with Gasteiger partial charge in [-0.05, 0) is 17.7 Å². The van der Waals surface area contributed by atoms with Crippen LogP contribution in [0.3, 0.4) is 0 Å². The first kappa shape index (κ1) is 13.9. The monoisotopic (exact) mass is 293 g/mol. The van der Waals surface area contributed by atoms with Gasteiger partial charge in [0, 0.05) is 11.9 Å². The molecule has 0 amide bonds. The van der Waals surface area contributed by atoms with Gasteiger partial charge in [0.1, 0.15) is 5.69 Å². The molecule has 0 saturated carbocycles. The highest BCUT2D eigenvalue weighted by Gasteiger charge is 2.05. The zero-order valence-corrected chi connectivity index (χ0v) is 11.8. The molecule has 3 rings (SSSR count). The molecule has 0 aliphatic heterocycles. The van der Waals surface area contributed by atoms with Gasteiger partial charge in [-0.2, -0.15) is 0 Å². The van der Waals surface area contributed by atoms with Gasteiger partial charge in [0.25, 0.3) is 5.56 Å². The third kappa shape index (κ3) is 3.15. The van der Waals surface area contributed by atoms with Crippen molar-refractivity contribution in [2.24, 2.45) is 0 Å². The van der Waals surface area contributed by atoms with E-state index in [9.17, 15) is 9.59 Å². The van der Waals surface area contributed by atoms with Gasteiger partial charge < -0.3 is 5.32 Å². The van der Waals surface area contributed by atoms with Crippen LogP contribution >= 0.6 is 0 Å². The molecule has 2 N–H and O–H groups in total. The van der Waals surface area contributed by atoms with Crippen LogP contribution in [0.2, 0.25) is 0 Å². The third-order valence-electron chi connectivity index (χ3n) is 3.26. The molecule has 5 nitrogen and oxygen atoms in total. The minimum absolute atomic E-state index is 0.335. The molecular formula is C17H15N3O2. The zero-order chi connectivity index (χ0) is 15.4.